The number of phenols is 2. The molecule has 0 fully saturated rings. The van der Waals surface area contributed by atoms with Crippen molar-refractivity contribution >= 4 is 23.9 Å². The molecule has 9 nitrogen and oxygen atoms in total. The quantitative estimate of drug-likeness (QED) is 0.0261. The molecule has 1 aromatic rings. The topological polar surface area (TPSA) is 125 Å². The van der Waals surface area contributed by atoms with Gasteiger partial charge in [-0.2, -0.15) is 0 Å². The van der Waals surface area contributed by atoms with Gasteiger partial charge in [0.1, 0.15) is 13.2 Å². The average molecular weight is 801 g/mol. The van der Waals surface area contributed by atoms with Crippen LogP contribution in [-0.2, 0) is 23.9 Å². The Labute approximate surface area is 348 Å². The van der Waals surface area contributed by atoms with Crippen LogP contribution in [0.3, 0.4) is 0 Å². The van der Waals surface area contributed by atoms with E-state index in [0.29, 0.717) is 38.2 Å². The lowest BCUT2D eigenvalue weighted by molar-refractivity contribution is -0.150. The number of rotatable bonds is 38. The maximum Gasteiger partial charge on any atom is 0.308 e. The molecule has 57 heavy (non-hydrogen) atoms. The number of aromatic hydroxyl groups is 2. The lowest BCUT2D eigenvalue weighted by Crippen LogP contribution is -2.35. The largest absolute Gasteiger partial charge is 0.504 e. The van der Waals surface area contributed by atoms with E-state index in [1.165, 1.54) is 95.3 Å². The highest BCUT2D eigenvalue weighted by Gasteiger charge is 2.22. The van der Waals surface area contributed by atoms with Crippen LogP contribution in [0.4, 0.5) is 0 Å². The van der Waals surface area contributed by atoms with Crippen molar-refractivity contribution in [1.29, 1.82) is 0 Å². The number of nitrogens with zero attached hydrogens (tertiary/aromatic N) is 1. The van der Waals surface area contributed by atoms with Gasteiger partial charge in [0.15, 0.2) is 11.5 Å². The number of hydrogen-bond acceptors (Lipinski definition) is 8. The van der Waals surface area contributed by atoms with Crippen LogP contribution in [0.25, 0.3) is 6.08 Å². The first-order valence-corrected chi connectivity index (χ1v) is 23.3. The highest BCUT2D eigenvalue weighted by molar-refractivity contribution is 5.91. The van der Waals surface area contributed by atoms with Gasteiger partial charge in [-0.25, -0.2) is 0 Å². The number of hydrogen-bond donors (Lipinski definition) is 3. The zero-order valence-electron chi connectivity index (χ0n) is 36.8. The van der Waals surface area contributed by atoms with Crippen LogP contribution in [0.1, 0.15) is 194 Å². The van der Waals surface area contributed by atoms with Gasteiger partial charge >= 0.3 is 11.9 Å². The number of ether oxygens (including phenoxy) is 2. The number of nitrogens with one attached hydrogen (secondary N) is 1. The van der Waals surface area contributed by atoms with E-state index in [1.807, 2.05) is 0 Å². The van der Waals surface area contributed by atoms with Gasteiger partial charge in [-0.15, -0.1) is 0 Å². The fraction of sp³-hybridized carbons (Fsp3) is 0.771. The molecular formula is C48H84N2O7. The van der Waals surface area contributed by atoms with Crippen molar-refractivity contribution < 1.29 is 34.1 Å². The van der Waals surface area contributed by atoms with Crippen LogP contribution >= 0.6 is 0 Å². The summed E-state index contributed by atoms with van der Waals surface area (Å²) in [6.45, 7) is 11.6. The summed E-state index contributed by atoms with van der Waals surface area (Å²) in [5, 5.41) is 22.2. The van der Waals surface area contributed by atoms with Gasteiger partial charge in [-0.1, -0.05) is 162 Å². The zero-order chi connectivity index (χ0) is 41.8. The first kappa shape index (κ1) is 51.9. The van der Waals surface area contributed by atoms with Crippen molar-refractivity contribution in [1.82, 2.24) is 10.2 Å². The fourth-order valence-electron chi connectivity index (χ4n) is 7.25. The van der Waals surface area contributed by atoms with Crippen LogP contribution in [0, 0.1) is 11.8 Å². The van der Waals surface area contributed by atoms with Crippen molar-refractivity contribution in [3.05, 3.63) is 29.8 Å². The van der Waals surface area contributed by atoms with Gasteiger partial charge in [0.2, 0.25) is 5.91 Å². The molecule has 2 unspecified atom stereocenters. The molecule has 0 aliphatic rings. The first-order chi connectivity index (χ1) is 27.7. The van der Waals surface area contributed by atoms with Crippen LogP contribution in [-0.4, -0.2) is 72.4 Å². The Kier molecular flexibility index (Phi) is 32.8. The third-order valence-corrected chi connectivity index (χ3v) is 11.0. The highest BCUT2D eigenvalue weighted by Crippen LogP contribution is 2.25. The lowest BCUT2D eigenvalue weighted by Gasteiger charge is -2.24. The zero-order valence-corrected chi connectivity index (χ0v) is 36.8. The molecule has 9 heteroatoms. The number of esters is 2. The standard InChI is InChI=1S/C48H84N2O7/c1-5-9-13-17-19-23-28-42(26-21-15-11-7-3)47(54)56-38-36-50(35-25-34-49-46(53)33-31-41-30-32-44(51)45(52)40-41)37-39-57-48(55)43(27-22-16-12-8-4)29-24-20-18-14-10-6-2/h30-33,40,42-43,51-52H,5-29,34-39H2,1-4H3,(H,49,53)/b33-31+. The maximum absolute atomic E-state index is 13.4. The van der Waals surface area contributed by atoms with Gasteiger partial charge in [-0.3, -0.25) is 19.3 Å². The van der Waals surface area contributed by atoms with Crippen LogP contribution < -0.4 is 5.32 Å². The van der Waals surface area contributed by atoms with Gasteiger partial charge in [0.25, 0.3) is 0 Å². The van der Waals surface area contributed by atoms with Gasteiger partial charge in [0.05, 0.1) is 11.8 Å². The Morgan fingerprint density at radius 2 is 1.00 bits per heavy atom. The Morgan fingerprint density at radius 1 is 0.579 bits per heavy atom. The van der Waals surface area contributed by atoms with E-state index in [-0.39, 0.29) is 54.4 Å². The van der Waals surface area contributed by atoms with Gasteiger partial charge < -0.3 is 25.0 Å². The van der Waals surface area contributed by atoms with E-state index in [0.717, 1.165) is 77.0 Å². The van der Waals surface area contributed by atoms with E-state index in [1.54, 1.807) is 12.1 Å². The third-order valence-electron chi connectivity index (χ3n) is 11.0. The van der Waals surface area contributed by atoms with Crippen molar-refractivity contribution in [2.45, 2.75) is 188 Å². The molecule has 0 spiro atoms. The number of carbonyl (C=O) groups excluding carboxylic acids is 3. The molecule has 0 radical (unpaired) electrons. The first-order valence-electron chi connectivity index (χ1n) is 23.3. The number of carbonyl (C=O) groups is 3. The molecular weight excluding hydrogens is 717 g/mol. The van der Waals surface area contributed by atoms with Crippen molar-refractivity contribution in [3.63, 3.8) is 0 Å². The average Bonchev–Trinajstić information content (AvgIpc) is 3.20. The van der Waals surface area contributed by atoms with Gasteiger partial charge in [-0.05, 0) is 55.9 Å². The van der Waals surface area contributed by atoms with Gasteiger partial charge in [0, 0.05) is 32.3 Å². The van der Waals surface area contributed by atoms with Crippen LogP contribution in [0.2, 0.25) is 0 Å². The molecule has 0 aliphatic heterocycles. The number of benzene rings is 1. The lowest BCUT2D eigenvalue weighted by atomic mass is 9.94. The summed E-state index contributed by atoms with van der Waals surface area (Å²) in [6, 6.07) is 4.38. The summed E-state index contributed by atoms with van der Waals surface area (Å²) in [4.78, 5) is 41.4. The van der Waals surface area contributed by atoms with Crippen LogP contribution in [0.5, 0.6) is 11.5 Å². The molecule has 1 amide bonds. The summed E-state index contributed by atoms with van der Waals surface area (Å²) in [5.74, 6) is -1.01. The number of phenolic OH excluding ortho intramolecular Hbond substituents is 2. The third kappa shape index (κ3) is 28.1. The number of amides is 1. The smallest absolute Gasteiger partial charge is 0.308 e. The molecule has 0 aliphatic carbocycles. The van der Waals surface area contributed by atoms with Crippen molar-refractivity contribution in [3.8, 4) is 11.5 Å². The fourth-order valence-corrected chi connectivity index (χ4v) is 7.25. The molecule has 1 rings (SSSR count). The molecule has 0 heterocycles. The second-order valence-corrected chi connectivity index (χ2v) is 16.1. The molecule has 0 aromatic heterocycles. The summed E-state index contributed by atoms with van der Waals surface area (Å²) in [7, 11) is 0. The summed E-state index contributed by atoms with van der Waals surface area (Å²) < 4.78 is 11.9. The second kappa shape index (κ2) is 36.0. The molecule has 3 N–H and O–H groups in total. The van der Waals surface area contributed by atoms with Crippen molar-refractivity contribution in [2.24, 2.45) is 11.8 Å². The molecule has 0 saturated carbocycles. The van der Waals surface area contributed by atoms with E-state index in [9.17, 15) is 24.6 Å². The van der Waals surface area contributed by atoms with Crippen molar-refractivity contribution in [2.75, 3.05) is 39.4 Å². The minimum atomic E-state index is -0.261. The Bertz CT molecular complexity index is 1140. The molecule has 0 bridgehead atoms. The SMILES string of the molecule is CCCCCCCCC(CCCCCC)C(=O)OCCN(CCCNC(=O)/C=C/c1ccc(O)c(O)c1)CCOC(=O)C(CCCCCC)CCCCCCCC. The number of unbranched alkanes of at least 4 members (excludes halogenated alkanes) is 16. The Hall–Kier alpha value is -3.07. The highest BCUT2D eigenvalue weighted by atomic mass is 16.5. The second-order valence-electron chi connectivity index (χ2n) is 16.1. The molecule has 2 atom stereocenters. The Balaban J connectivity index is 2.81. The Morgan fingerprint density at radius 3 is 1.44 bits per heavy atom. The molecule has 0 saturated heterocycles. The van der Waals surface area contributed by atoms with E-state index < -0.39 is 0 Å². The minimum Gasteiger partial charge on any atom is -0.504 e. The summed E-state index contributed by atoms with van der Waals surface area (Å²) in [5.41, 5.74) is 0.598. The normalized spacial score (nSPS) is 12.6. The van der Waals surface area contributed by atoms with E-state index >= 15 is 0 Å². The predicted molar refractivity (Wildman–Crippen MR) is 235 cm³/mol. The minimum absolute atomic E-state index is 0.0582. The maximum atomic E-state index is 13.4. The monoisotopic (exact) mass is 801 g/mol. The summed E-state index contributed by atoms with van der Waals surface area (Å²) in [6.07, 6.45) is 30.7. The molecule has 328 valence electrons. The predicted octanol–water partition coefficient (Wildman–Crippen LogP) is 11.7. The summed E-state index contributed by atoms with van der Waals surface area (Å²) >= 11 is 0. The van der Waals surface area contributed by atoms with E-state index in [4.69, 9.17) is 9.47 Å². The van der Waals surface area contributed by atoms with Crippen LogP contribution in [0.15, 0.2) is 24.3 Å². The van der Waals surface area contributed by atoms with E-state index in [2.05, 4.69) is 37.9 Å². The molecule has 1 aromatic carbocycles.